The van der Waals surface area contributed by atoms with E-state index in [4.69, 9.17) is 4.98 Å². The molecule has 0 radical (unpaired) electrons. The lowest BCUT2D eigenvalue weighted by molar-refractivity contribution is 0.249. The maximum absolute atomic E-state index is 13.7. The van der Waals surface area contributed by atoms with Crippen LogP contribution in [0.4, 0.5) is 0 Å². The predicted octanol–water partition coefficient (Wildman–Crippen LogP) is 5.43. The Bertz CT molecular complexity index is 1290. The van der Waals surface area contributed by atoms with E-state index in [1.165, 1.54) is 16.0 Å². The van der Waals surface area contributed by atoms with Crippen molar-refractivity contribution in [1.29, 1.82) is 0 Å². The Labute approximate surface area is 190 Å². The van der Waals surface area contributed by atoms with Crippen LogP contribution in [0.2, 0.25) is 0 Å². The van der Waals surface area contributed by atoms with Gasteiger partial charge in [-0.15, -0.1) is 11.3 Å². The van der Waals surface area contributed by atoms with Crippen molar-refractivity contribution in [2.45, 2.75) is 38.5 Å². The molecule has 0 fully saturated rings. The van der Waals surface area contributed by atoms with Crippen LogP contribution in [0, 0.1) is 6.92 Å². The summed E-state index contributed by atoms with van der Waals surface area (Å²) < 4.78 is 1.81. The van der Waals surface area contributed by atoms with Crippen LogP contribution in [0.3, 0.4) is 0 Å². The normalized spacial score (nSPS) is 14.1. The Morgan fingerprint density at radius 3 is 2.74 bits per heavy atom. The quantitative estimate of drug-likeness (QED) is 0.302. The van der Waals surface area contributed by atoms with Gasteiger partial charge in [0.05, 0.1) is 11.1 Å². The molecule has 1 aliphatic rings. The smallest absolute Gasteiger partial charge is 0.267 e. The summed E-state index contributed by atoms with van der Waals surface area (Å²) in [4.78, 5) is 23.4. The Hall–Kier alpha value is -2.41. The molecular weight excluding hydrogens is 422 g/mol. The van der Waals surface area contributed by atoms with Crippen molar-refractivity contribution in [3.63, 3.8) is 0 Å². The minimum absolute atomic E-state index is 0.0700. The molecule has 6 heteroatoms. The highest BCUT2D eigenvalue weighted by Gasteiger charge is 2.25. The van der Waals surface area contributed by atoms with Crippen molar-refractivity contribution in [2.75, 3.05) is 12.3 Å². The van der Waals surface area contributed by atoms with Crippen molar-refractivity contribution >= 4 is 33.3 Å². The molecule has 0 atom stereocenters. The SMILES string of the molecule is CCSc1nc2sc3c(c2c(=O)n1-c1cccc(C)c1)CCN(Cc1ccccc1)C3. The average molecular weight is 448 g/mol. The molecule has 0 aliphatic carbocycles. The molecule has 0 spiro atoms. The summed E-state index contributed by atoms with van der Waals surface area (Å²) >= 11 is 3.32. The molecule has 2 aromatic carbocycles. The van der Waals surface area contributed by atoms with Gasteiger partial charge in [-0.2, -0.15) is 0 Å². The predicted molar refractivity (Wildman–Crippen MR) is 131 cm³/mol. The van der Waals surface area contributed by atoms with Gasteiger partial charge in [0.2, 0.25) is 0 Å². The third-order valence-corrected chi connectivity index (χ3v) is 7.64. The highest BCUT2D eigenvalue weighted by molar-refractivity contribution is 7.99. The van der Waals surface area contributed by atoms with E-state index in [0.717, 1.165) is 58.4 Å². The van der Waals surface area contributed by atoms with Crippen LogP contribution in [0.1, 0.15) is 28.5 Å². The monoisotopic (exact) mass is 447 g/mol. The van der Waals surface area contributed by atoms with Gasteiger partial charge in [0, 0.05) is 24.5 Å². The molecule has 0 saturated carbocycles. The summed E-state index contributed by atoms with van der Waals surface area (Å²) in [6.45, 7) is 6.93. The van der Waals surface area contributed by atoms with Crippen LogP contribution in [0.25, 0.3) is 15.9 Å². The van der Waals surface area contributed by atoms with E-state index in [-0.39, 0.29) is 5.56 Å². The number of benzene rings is 2. The van der Waals surface area contributed by atoms with E-state index >= 15 is 0 Å². The van der Waals surface area contributed by atoms with E-state index in [2.05, 4.69) is 61.2 Å². The lowest BCUT2D eigenvalue weighted by Crippen LogP contribution is -2.30. The number of aromatic nitrogens is 2. The summed E-state index contributed by atoms with van der Waals surface area (Å²) in [5.74, 6) is 0.875. The molecule has 4 nitrogen and oxygen atoms in total. The molecule has 1 aliphatic heterocycles. The van der Waals surface area contributed by atoms with Gasteiger partial charge in [-0.05, 0) is 47.9 Å². The Morgan fingerprint density at radius 2 is 1.97 bits per heavy atom. The molecule has 0 bridgehead atoms. The van der Waals surface area contributed by atoms with Gasteiger partial charge in [0.25, 0.3) is 5.56 Å². The van der Waals surface area contributed by atoms with Crippen LogP contribution >= 0.6 is 23.1 Å². The molecule has 2 aromatic heterocycles. The van der Waals surface area contributed by atoms with Gasteiger partial charge in [0.1, 0.15) is 4.83 Å². The first-order valence-electron chi connectivity index (χ1n) is 10.7. The minimum atomic E-state index is 0.0700. The Balaban J connectivity index is 1.58. The van der Waals surface area contributed by atoms with Gasteiger partial charge in [0.15, 0.2) is 5.16 Å². The number of thioether (sulfide) groups is 1. The van der Waals surface area contributed by atoms with Crippen molar-refractivity contribution in [3.05, 3.63) is 86.5 Å². The first kappa shape index (κ1) is 20.5. The molecular formula is C25H25N3OS2. The van der Waals surface area contributed by atoms with Gasteiger partial charge >= 0.3 is 0 Å². The van der Waals surface area contributed by atoms with Crippen molar-refractivity contribution in [2.24, 2.45) is 0 Å². The van der Waals surface area contributed by atoms with Gasteiger partial charge in [-0.1, -0.05) is 61.2 Å². The maximum Gasteiger partial charge on any atom is 0.267 e. The molecule has 0 saturated heterocycles. The summed E-state index contributed by atoms with van der Waals surface area (Å²) in [6, 6.07) is 18.7. The highest BCUT2D eigenvalue weighted by atomic mass is 32.2. The number of fused-ring (bicyclic) bond motifs is 3. The van der Waals surface area contributed by atoms with Crippen LogP contribution in [0.5, 0.6) is 0 Å². The summed E-state index contributed by atoms with van der Waals surface area (Å²) in [7, 11) is 0. The molecule has 31 heavy (non-hydrogen) atoms. The van der Waals surface area contributed by atoms with Crippen LogP contribution in [-0.4, -0.2) is 26.7 Å². The summed E-state index contributed by atoms with van der Waals surface area (Å²) in [6.07, 6.45) is 0.896. The van der Waals surface area contributed by atoms with E-state index in [1.54, 1.807) is 23.1 Å². The third kappa shape index (κ3) is 3.95. The third-order valence-electron chi connectivity index (χ3n) is 5.71. The molecule has 0 N–H and O–H groups in total. The molecule has 3 heterocycles. The second kappa shape index (κ2) is 8.61. The maximum atomic E-state index is 13.7. The zero-order valence-corrected chi connectivity index (χ0v) is 19.4. The number of aryl methyl sites for hydroxylation is 1. The Kier molecular flexibility index (Phi) is 5.69. The number of rotatable bonds is 5. The number of hydrogen-bond acceptors (Lipinski definition) is 5. The largest absolute Gasteiger partial charge is 0.294 e. The van der Waals surface area contributed by atoms with Crippen LogP contribution < -0.4 is 5.56 Å². The number of thiophene rings is 1. The second-order valence-corrected chi connectivity index (χ2v) is 10.3. The lowest BCUT2D eigenvalue weighted by atomic mass is 10.0. The fourth-order valence-electron chi connectivity index (χ4n) is 4.27. The van der Waals surface area contributed by atoms with Crippen LogP contribution in [0.15, 0.2) is 64.5 Å². The van der Waals surface area contributed by atoms with E-state index in [1.807, 2.05) is 16.7 Å². The number of hydrogen-bond donors (Lipinski definition) is 0. The van der Waals surface area contributed by atoms with E-state index in [9.17, 15) is 4.79 Å². The summed E-state index contributed by atoms with van der Waals surface area (Å²) in [5, 5.41) is 1.60. The van der Waals surface area contributed by atoms with E-state index in [0.29, 0.717) is 0 Å². The minimum Gasteiger partial charge on any atom is -0.294 e. The average Bonchev–Trinajstić information content (AvgIpc) is 3.12. The topological polar surface area (TPSA) is 38.1 Å². The van der Waals surface area contributed by atoms with Gasteiger partial charge in [-0.25, -0.2) is 4.98 Å². The lowest BCUT2D eigenvalue weighted by Gasteiger charge is -2.26. The summed E-state index contributed by atoms with van der Waals surface area (Å²) in [5.41, 5.74) is 4.64. The molecule has 0 amide bonds. The number of nitrogens with zero attached hydrogens (tertiary/aromatic N) is 3. The van der Waals surface area contributed by atoms with Crippen LogP contribution in [-0.2, 0) is 19.5 Å². The molecule has 5 rings (SSSR count). The first-order valence-corrected chi connectivity index (χ1v) is 12.5. The fourth-order valence-corrected chi connectivity index (χ4v) is 6.32. The molecule has 4 aromatic rings. The highest BCUT2D eigenvalue weighted by Crippen LogP contribution is 2.34. The van der Waals surface area contributed by atoms with E-state index < -0.39 is 0 Å². The van der Waals surface area contributed by atoms with Crippen molar-refractivity contribution in [1.82, 2.24) is 14.5 Å². The van der Waals surface area contributed by atoms with Gasteiger partial charge in [-0.3, -0.25) is 14.3 Å². The zero-order valence-electron chi connectivity index (χ0n) is 17.8. The standard InChI is InChI=1S/C25H25N3OS2/c1-3-30-25-26-23-22(24(29)28(25)19-11-7-8-17(2)14-19)20-12-13-27(16-21(20)31-23)15-18-9-5-4-6-10-18/h4-11,14H,3,12-13,15-16H2,1-2H3. The zero-order chi connectivity index (χ0) is 21.4. The van der Waals surface area contributed by atoms with Gasteiger partial charge < -0.3 is 0 Å². The van der Waals surface area contributed by atoms with Crippen molar-refractivity contribution < 1.29 is 0 Å². The Morgan fingerprint density at radius 1 is 1.13 bits per heavy atom. The van der Waals surface area contributed by atoms with Crippen molar-refractivity contribution in [3.8, 4) is 5.69 Å². The first-order chi connectivity index (χ1) is 15.1. The molecule has 158 valence electrons. The molecule has 0 unspecified atom stereocenters. The fraction of sp³-hybridized carbons (Fsp3) is 0.280. The second-order valence-electron chi connectivity index (χ2n) is 7.94.